The monoisotopic (exact) mass is 364 g/mol. The quantitative estimate of drug-likeness (QED) is 0.599. The van der Waals surface area contributed by atoms with Gasteiger partial charge in [-0.15, -0.1) is 0 Å². The summed E-state index contributed by atoms with van der Waals surface area (Å²) >= 11 is 0. The third kappa shape index (κ3) is 2.88. The number of methoxy groups -OCH3 is 1. The lowest BCUT2D eigenvalue weighted by Crippen LogP contribution is -2.21. The van der Waals surface area contributed by atoms with Crippen molar-refractivity contribution >= 4 is 33.6 Å². The zero-order valence-electron chi connectivity index (χ0n) is 15.6. The highest BCUT2D eigenvalue weighted by Crippen LogP contribution is 2.23. The molecule has 0 aliphatic heterocycles. The van der Waals surface area contributed by atoms with E-state index in [0.29, 0.717) is 17.0 Å². The molecule has 0 fully saturated rings. The summed E-state index contributed by atoms with van der Waals surface area (Å²) < 4.78 is 8.45. The number of nitrogens with one attached hydrogen (secondary N) is 1. The fraction of sp³-hybridized carbons (Fsp3) is 0.263. The Morgan fingerprint density at radius 3 is 2.74 bits per heavy atom. The Labute approximate surface area is 155 Å². The fourth-order valence-corrected chi connectivity index (χ4v) is 2.99. The van der Waals surface area contributed by atoms with E-state index >= 15 is 0 Å². The van der Waals surface area contributed by atoms with Crippen LogP contribution in [0.15, 0.2) is 41.5 Å². The lowest BCUT2D eigenvalue weighted by molar-refractivity contribution is 0.415. The number of aromatic nitrogens is 5. The average Bonchev–Trinajstić information content (AvgIpc) is 3.09. The van der Waals surface area contributed by atoms with Crippen molar-refractivity contribution in [3.05, 3.63) is 47.0 Å². The molecule has 1 aromatic carbocycles. The van der Waals surface area contributed by atoms with Gasteiger partial charge in [-0.25, -0.2) is 4.68 Å². The van der Waals surface area contributed by atoms with Gasteiger partial charge in [0.1, 0.15) is 11.1 Å². The maximum atomic E-state index is 12.7. The normalized spacial score (nSPS) is 11.4. The topological polar surface area (TPSA) is 86.9 Å². The summed E-state index contributed by atoms with van der Waals surface area (Å²) in [6, 6.07) is 7.76. The highest BCUT2D eigenvalue weighted by molar-refractivity contribution is 5.83. The van der Waals surface area contributed by atoms with Gasteiger partial charge in [-0.05, 0) is 32.0 Å². The van der Waals surface area contributed by atoms with Gasteiger partial charge < -0.3 is 10.1 Å². The predicted molar refractivity (Wildman–Crippen MR) is 105 cm³/mol. The van der Waals surface area contributed by atoms with Crippen LogP contribution in [-0.2, 0) is 7.05 Å². The first-order chi connectivity index (χ1) is 13.0. The van der Waals surface area contributed by atoms with E-state index in [-0.39, 0.29) is 11.6 Å². The second-order valence-electron chi connectivity index (χ2n) is 6.63. The molecule has 0 aliphatic carbocycles. The van der Waals surface area contributed by atoms with Crippen LogP contribution in [0.25, 0.3) is 21.9 Å². The SMILES string of the molecule is COc1ccc2cc(Nc3nc4c(cnn4C(C)C)c(=O)n3C)cnc2c1. The van der Waals surface area contributed by atoms with Crippen molar-refractivity contribution in [2.24, 2.45) is 7.05 Å². The van der Waals surface area contributed by atoms with Crippen LogP contribution in [0, 0.1) is 0 Å². The van der Waals surface area contributed by atoms with E-state index in [4.69, 9.17) is 4.74 Å². The zero-order valence-corrected chi connectivity index (χ0v) is 15.6. The minimum atomic E-state index is -0.145. The van der Waals surface area contributed by atoms with Crippen molar-refractivity contribution in [1.29, 1.82) is 0 Å². The number of ether oxygens (including phenoxy) is 1. The molecule has 4 aromatic rings. The summed E-state index contributed by atoms with van der Waals surface area (Å²) in [5.41, 5.74) is 1.99. The van der Waals surface area contributed by atoms with Crippen molar-refractivity contribution in [3.63, 3.8) is 0 Å². The number of rotatable bonds is 4. The highest BCUT2D eigenvalue weighted by atomic mass is 16.5. The Kier molecular flexibility index (Phi) is 4.02. The third-order valence-corrected chi connectivity index (χ3v) is 4.47. The summed E-state index contributed by atoms with van der Waals surface area (Å²) in [5, 5.41) is 8.95. The molecule has 3 heterocycles. The van der Waals surface area contributed by atoms with Crippen LogP contribution >= 0.6 is 0 Å². The maximum Gasteiger partial charge on any atom is 0.265 e. The minimum absolute atomic E-state index is 0.104. The van der Waals surface area contributed by atoms with Gasteiger partial charge in [-0.3, -0.25) is 14.3 Å². The predicted octanol–water partition coefficient (Wildman–Crippen LogP) is 3.01. The van der Waals surface area contributed by atoms with Crippen LogP contribution in [0.5, 0.6) is 5.75 Å². The van der Waals surface area contributed by atoms with Gasteiger partial charge in [0.05, 0.1) is 30.7 Å². The van der Waals surface area contributed by atoms with Crippen LogP contribution < -0.4 is 15.6 Å². The summed E-state index contributed by atoms with van der Waals surface area (Å²) in [6.45, 7) is 4.00. The molecule has 0 atom stereocenters. The number of nitrogens with zero attached hydrogens (tertiary/aromatic N) is 5. The largest absolute Gasteiger partial charge is 0.497 e. The molecule has 0 aliphatic rings. The maximum absolute atomic E-state index is 12.7. The minimum Gasteiger partial charge on any atom is -0.497 e. The second kappa shape index (κ2) is 6.39. The fourth-order valence-electron chi connectivity index (χ4n) is 2.99. The molecule has 27 heavy (non-hydrogen) atoms. The standard InChI is InChI=1S/C19H20N6O2/c1-11(2)25-17-15(10-21-25)18(26)24(3)19(23-17)22-13-7-12-5-6-14(27-4)8-16(12)20-9-13/h5-11H,1-4H3,(H,22,23). The van der Waals surface area contributed by atoms with Crippen LogP contribution in [0.3, 0.4) is 0 Å². The zero-order chi connectivity index (χ0) is 19.1. The van der Waals surface area contributed by atoms with Gasteiger partial charge in [-0.1, -0.05) is 0 Å². The molecule has 0 amide bonds. The van der Waals surface area contributed by atoms with Crippen molar-refractivity contribution in [1.82, 2.24) is 24.3 Å². The molecule has 4 rings (SSSR count). The van der Waals surface area contributed by atoms with Crippen molar-refractivity contribution in [3.8, 4) is 5.75 Å². The van der Waals surface area contributed by atoms with E-state index in [1.54, 1.807) is 31.2 Å². The van der Waals surface area contributed by atoms with Crippen molar-refractivity contribution < 1.29 is 4.74 Å². The number of benzene rings is 1. The first kappa shape index (κ1) is 17.0. The van der Waals surface area contributed by atoms with Crippen LogP contribution in [0.4, 0.5) is 11.6 Å². The number of hydrogen-bond acceptors (Lipinski definition) is 6. The Morgan fingerprint density at radius 1 is 1.19 bits per heavy atom. The first-order valence-corrected chi connectivity index (χ1v) is 8.63. The van der Waals surface area contributed by atoms with Crippen LogP contribution in [0.1, 0.15) is 19.9 Å². The molecule has 0 unspecified atom stereocenters. The third-order valence-electron chi connectivity index (χ3n) is 4.47. The molecular formula is C19H20N6O2. The number of pyridine rings is 1. The van der Waals surface area contributed by atoms with E-state index in [2.05, 4.69) is 20.4 Å². The smallest absolute Gasteiger partial charge is 0.265 e. The van der Waals surface area contributed by atoms with E-state index in [0.717, 1.165) is 22.3 Å². The van der Waals surface area contributed by atoms with E-state index < -0.39 is 0 Å². The Bertz CT molecular complexity index is 1210. The first-order valence-electron chi connectivity index (χ1n) is 8.63. The molecule has 138 valence electrons. The molecule has 0 radical (unpaired) electrons. The lowest BCUT2D eigenvalue weighted by Gasteiger charge is -2.12. The Morgan fingerprint density at radius 2 is 2.00 bits per heavy atom. The molecule has 0 saturated carbocycles. The van der Waals surface area contributed by atoms with Gasteiger partial charge in [0.25, 0.3) is 5.56 Å². The van der Waals surface area contributed by atoms with Gasteiger partial charge in [0.15, 0.2) is 5.65 Å². The van der Waals surface area contributed by atoms with Crippen molar-refractivity contribution in [2.45, 2.75) is 19.9 Å². The van der Waals surface area contributed by atoms with Gasteiger partial charge >= 0.3 is 0 Å². The Hall–Kier alpha value is -3.42. The molecule has 0 bridgehead atoms. The van der Waals surface area contributed by atoms with Crippen LogP contribution in [-0.4, -0.2) is 31.4 Å². The summed E-state index contributed by atoms with van der Waals surface area (Å²) in [5.74, 6) is 1.19. The molecule has 8 nitrogen and oxygen atoms in total. The number of fused-ring (bicyclic) bond motifs is 2. The van der Waals surface area contributed by atoms with Gasteiger partial charge in [0, 0.05) is 24.5 Å². The molecule has 0 saturated heterocycles. The summed E-state index contributed by atoms with van der Waals surface area (Å²) in [7, 11) is 3.31. The highest BCUT2D eigenvalue weighted by Gasteiger charge is 2.15. The van der Waals surface area contributed by atoms with Gasteiger partial charge in [0.2, 0.25) is 5.95 Å². The lowest BCUT2D eigenvalue weighted by atomic mass is 10.2. The van der Waals surface area contributed by atoms with E-state index in [1.165, 1.54) is 4.57 Å². The van der Waals surface area contributed by atoms with Gasteiger partial charge in [-0.2, -0.15) is 10.1 Å². The molecule has 8 heteroatoms. The average molecular weight is 364 g/mol. The van der Waals surface area contributed by atoms with E-state index in [1.807, 2.05) is 38.1 Å². The number of anilines is 2. The molecular weight excluding hydrogens is 344 g/mol. The molecule has 0 spiro atoms. The van der Waals surface area contributed by atoms with E-state index in [9.17, 15) is 4.79 Å². The summed E-state index contributed by atoms with van der Waals surface area (Å²) in [4.78, 5) is 21.7. The van der Waals surface area contributed by atoms with Crippen LogP contribution in [0.2, 0.25) is 0 Å². The second-order valence-corrected chi connectivity index (χ2v) is 6.63. The molecule has 1 N–H and O–H groups in total. The Balaban J connectivity index is 1.78. The number of hydrogen-bond donors (Lipinski definition) is 1. The molecule has 3 aromatic heterocycles. The van der Waals surface area contributed by atoms with Crippen molar-refractivity contribution in [2.75, 3.05) is 12.4 Å². The summed E-state index contributed by atoms with van der Waals surface area (Å²) in [6.07, 6.45) is 3.28.